The number of rotatable bonds is 3. The van der Waals surface area contributed by atoms with Gasteiger partial charge in [-0.25, -0.2) is 4.98 Å². The van der Waals surface area contributed by atoms with Crippen molar-refractivity contribution in [2.24, 2.45) is 5.92 Å². The number of thiazole rings is 1. The second-order valence-corrected chi connectivity index (χ2v) is 6.42. The highest BCUT2D eigenvalue weighted by Crippen LogP contribution is 2.32. The zero-order valence-electron chi connectivity index (χ0n) is 11.3. The standard InChI is InChI=1S/C13H20N4OS/c1-8-11(9-3-5-17(8)6-4-9)16-12(18)10-7-15-13(14-2)19-10/h7-9,11H,3-6H2,1-2H3,(H,14,15)(H,16,18). The summed E-state index contributed by atoms with van der Waals surface area (Å²) in [5.74, 6) is 0.658. The summed E-state index contributed by atoms with van der Waals surface area (Å²) in [5.41, 5.74) is 0. The molecule has 6 heteroatoms. The number of aromatic nitrogens is 1. The number of nitrogens with zero attached hydrogens (tertiary/aromatic N) is 2. The minimum atomic E-state index is 0.0181. The molecule has 2 atom stereocenters. The fourth-order valence-corrected chi connectivity index (χ4v) is 3.94. The van der Waals surface area contributed by atoms with Gasteiger partial charge in [0.05, 0.1) is 6.20 Å². The monoisotopic (exact) mass is 280 g/mol. The highest BCUT2D eigenvalue weighted by atomic mass is 32.1. The molecule has 104 valence electrons. The zero-order valence-corrected chi connectivity index (χ0v) is 12.2. The van der Waals surface area contributed by atoms with Crippen LogP contribution in [0.25, 0.3) is 0 Å². The number of amides is 1. The molecule has 1 amide bonds. The first kappa shape index (κ1) is 12.9. The molecule has 3 fully saturated rings. The molecule has 1 aromatic heterocycles. The van der Waals surface area contributed by atoms with E-state index in [-0.39, 0.29) is 11.9 Å². The summed E-state index contributed by atoms with van der Waals surface area (Å²) in [7, 11) is 1.82. The van der Waals surface area contributed by atoms with Crippen molar-refractivity contribution in [3.63, 3.8) is 0 Å². The van der Waals surface area contributed by atoms with Gasteiger partial charge in [-0.15, -0.1) is 0 Å². The molecule has 3 saturated heterocycles. The molecule has 2 unspecified atom stereocenters. The van der Waals surface area contributed by atoms with Gasteiger partial charge in [-0.3, -0.25) is 9.69 Å². The van der Waals surface area contributed by atoms with Gasteiger partial charge < -0.3 is 10.6 Å². The van der Waals surface area contributed by atoms with Gasteiger partial charge in [0, 0.05) is 19.1 Å². The number of anilines is 1. The Morgan fingerprint density at radius 2 is 2.21 bits per heavy atom. The van der Waals surface area contributed by atoms with Crippen molar-refractivity contribution in [3.8, 4) is 0 Å². The van der Waals surface area contributed by atoms with Gasteiger partial charge in [0.25, 0.3) is 5.91 Å². The molecule has 0 spiro atoms. The highest BCUT2D eigenvalue weighted by molar-refractivity contribution is 7.17. The van der Waals surface area contributed by atoms with Crippen molar-refractivity contribution in [1.29, 1.82) is 0 Å². The van der Waals surface area contributed by atoms with E-state index in [1.54, 1.807) is 6.20 Å². The number of fused-ring (bicyclic) bond motifs is 3. The molecule has 19 heavy (non-hydrogen) atoms. The van der Waals surface area contributed by atoms with Crippen molar-refractivity contribution in [2.45, 2.75) is 31.8 Å². The second-order valence-electron chi connectivity index (χ2n) is 5.39. The summed E-state index contributed by atoms with van der Waals surface area (Å²) in [6.07, 6.45) is 4.07. The van der Waals surface area contributed by atoms with Crippen LogP contribution < -0.4 is 10.6 Å². The van der Waals surface area contributed by atoms with E-state index in [9.17, 15) is 4.79 Å². The Morgan fingerprint density at radius 1 is 1.47 bits per heavy atom. The Morgan fingerprint density at radius 3 is 2.79 bits per heavy atom. The largest absolute Gasteiger partial charge is 0.365 e. The topological polar surface area (TPSA) is 57.3 Å². The molecule has 3 aliphatic heterocycles. The first-order chi connectivity index (χ1) is 9.19. The van der Waals surface area contributed by atoms with Gasteiger partial charge in [-0.2, -0.15) is 0 Å². The minimum Gasteiger partial charge on any atom is -0.365 e. The lowest BCUT2D eigenvalue weighted by atomic mass is 9.79. The fourth-order valence-electron chi connectivity index (χ4n) is 3.26. The van der Waals surface area contributed by atoms with Gasteiger partial charge in [0.1, 0.15) is 4.88 Å². The summed E-state index contributed by atoms with van der Waals surface area (Å²) in [6, 6.07) is 0.739. The van der Waals surface area contributed by atoms with E-state index >= 15 is 0 Å². The van der Waals surface area contributed by atoms with Crippen LogP contribution in [0.2, 0.25) is 0 Å². The van der Waals surface area contributed by atoms with Crippen LogP contribution in [0.3, 0.4) is 0 Å². The summed E-state index contributed by atoms with van der Waals surface area (Å²) < 4.78 is 0. The lowest BCUT2D eigenvalue weighted by molar-refractivity contribution is 0.0218. The molecule has 0 saturated carbocycles. The van der Waals surface area contributed by atoms with E-state index in [1.165, 1.54) is 37.3 Å². The van der Waals surface area contributed by atoms with Gasteiger partial charge >= 0.3 is 0 Å². The van der Waals surface area contributed by atoms with Crippen LogP contribution in [-0.2, 0) is 0 Å². The summed E-state index contributed by atoms with van der Waals surface area (Å²) in [6.45, 7) is 4.59. The van der Waals surface area contributed by atoms with Crippen LogP contribution in [0.5, 0.6) is 0 Å². The number of hydrogen-bond acceptors (Lipinski definition) is 5. The maximum atomic E-state index is 12.3. The summed E-state index contributed by atoms with van der Waals surface area (Å²) >= 11 is 1.40. The number of carbonyl (C=O) groups is 1. The molecule has 0 radical (unpaired) electrons. The van der Waals surface area contributed by atoms with E-state index in [0.717, 1.165) is 5.13 Å². The fraction of sp³-hybridized carbons (Fsp3) is 0.692. The number of piperidine rings is 3. The minimum absolute atomic E-state index is 0.0181. The molecule has 5 nitrogen and oxygen atoms in total. The Kier molecular flexibility index (Phi) is 3.45. The Balaban J connectivity index is 1.69. The lowest BCUT2D eigenvalue weighted by Gasteiger charge is -2.49. The SMILES string of the molecule is CNc1ncc(C(=O)NC2C3CCN(CC3)C2C)s1. The van der Waals surface area contributed by atoms with Crippen LogP contribution in [-0.4, -0.2) is 48.0 Å². The molecule has 2 N–H and O–H groups in total. The van der Waals surface area contributed by atoms with E-state index in [4.69, 9.17) is 0 Å². The highest BCUT2D eigenvalue weighted by Gasteiger charge is 2.40. The predicted molar refractivity (Wildman–Crippen MR) is 76.7 cm³/mol. The zero-order chi connectivity index (χ0) is 13.4. The quantitative estimate of drug-likeness (QED) is 0.878. The third-order valence-electron chi connectivity index (χ3n) is 4.42. The average molecular weight is 280 g/mol. The molecule has 4 rings (SSSR count). The summed E-state index contributed by atoms with van der Waals surface area (Å²) in [5, 5.41) is 6.96. The van der Waals surface area contributed by atoms with Crippen LogP contribution in [0.4, 0.5) is 5.13 Å². The Bertz CT molecular complexity index is 465. The maximum absolute atomic E-state index is 12.3. The van der Waals surface area contributed by atoms with Crippen LogP contribution in [0.15, 0.2) is 6.20 Å². The number of carbonyl (C=O) groups excluding carboxylic acids is 1. The van der Waals surface area contributed by atoms with Crippen LogP contribution in [0, 0.1) is 5.92 Å². The van der Waals surface area contributed by atoms with Crippen molar-refractivity contribution in [2.75, 3.05) is 25.5 Å². The molecular weight excluding hydrogens is 260 g/mol. The molecule has 1 aromatic rings. The number of nitrogens with one attached hydrogen (secondary N) is 2. The van der Waals surface area contributed by atoms with Crippen molar-refractivity contribution in [3.05, 3.63) is 11.1 Å². The van der Waals surface area contributed by atoms with Gasteiger partial charge in [0.2, 0.25) is 0 Å². The van der Waals surface area contributed by atoms with E-state index in [2.05, 4.69) is 27.4 Å². The predicted octanol–water partition coefficient (Wildman–Crippen LogP) is 1.40. The smallest absolute Gasteiger partial charge is 0.263 e. The van der Waals surface area contributed by atoms with Crippen molar-refractivity contribution < 1.29 is 4.79 Å². The van der Waals surface area contributed by atoms with E-state index in [1.807, 2.05) is 7.05 Å². The number of hydrogen-bond donors (Lipinski definition) is 2. The van der Waals surface area contributed by atoms with Crippen LogP contribution >= 0.6 is 11.3 Å². The third kappa shape index (κ3) is 2.34. The Hall–Kier alpha value is -1.14. The lowest BCUT2D eigenvalue weighted by Crippen LogP contribution is -2.62. The van der Waals surface area contributed by atoms with E-state index < -0.39 is 0 Å². The molecule has 3 aliphatic rings. The van der Waals surface area contributed by atoms with Gasteiger partial charge in [0.15, 0.2) is 5.13 Å². The van der Waals surface area contributed by atoms with Gasteiger partial charge in [-0.05, 0) is 38.8 Å². The normalized spacial score (nSPS) is 33.2. The van der Waals surface area contributed by atoms with Crippen molar-refractivity contribution in [1.82, 2.24) is 15.2 Å². The molecule has 2 bridgehead atoms. The Labute approximate surface area is 117 Å². The second kappa shape index (κ2) is 5.09. The first-order valence-electron chi connectivity index (χ1n) is 6.87. The average Bonchev–Trinajstić information content (AvgIpc) is 2.92. The third-order valence-corrected chi connectivity index (χ3v) is 5.43. The summed E-state index contributed by atoms with van der Waals surface area (Å²) in [4.78, 5) is 19.6. The van der Waals surface area contributed by atoms with Crippen LogP contribution in [0.1, 0.15) is 29.4 Å². The van der Waals surface area contributed by atoms with Gasteiger partial charge in [-0.1, -0.05) is 11.3 Å². The molecular formula is C13H20N4OS. The first-order valence-corrected chi connectivity index (χ1v) is 7.69. The maximum Gasteiger partial charge on any atom is 0.263 e. The van der Waals surface area contributed by atoms with Crippen molar-refractivity contribution >= 4 is 22.4 Å². The molecule has 0 aliphatic carbocycles. The van der Waals surface area contributed by atoms with E-state index in [0.29, 0.717) is 16.8 Å². The molecule has 0 aromatic carbocycles. The molecule has 4 heterocycles.